The molecule has 2 aromatic carbocycles. The number of anilines is 2. The van der Waals surface area contributed by atoms with Gasteiger partial charge in [0.15, 0.2) is 0 Å². The highest BCUT2D eigenvalue weighted by Gasteiger charge is 2.17. The Balaban J connectivity index is 1.73. The van der Waals surface area contributed by atoms with Crippen LogP contribution in [-0.4, -0.2) is 28.4 Å². The molecule has 7 nitrogen and oxygen atoms in total. The van der Waals surface area contributed by atoms with Gasteiger partial charge >= 0.3 is 0 Å². The molecule has 0 radical (unpaired) electrons. The van der Waals surface area contributed by atoms with Crippen molar-refractivity contribution < 1.29 is 17.6 Å². The summed E-state index contributed by atoms with van der Waals surface area (Å²) in [5.41, 5.74) is 1.65. The van der Waals surface area contributed by atoms with E-state index >= 15 is 0 Å². The number of nitrogens with one attached hydrogen (secondary N) is 2. The topological polar surface area (TPSA) is 91.7 Å². The van der Waals surface area contributed by atoms with Crippen molar-refractivity contribution in [2.45, 2.75) is 11.4 Å². The molecular formula is C20H21N3O4S. The SMILES string of the molecule is CN(C)c1ccc(NS(=O)(=O)c2cccc(C(=O)NCc3ccco3)c2)cc1. The lowest BCUT2D eigenvalue weighted by Crippen LogP contribution is -2.23. The fourth-order valence-electron chi connectivity index (χ4n) is 2.53. The molecule has 0 aliphatic carbocycles. The average molecular weight is 399 g/mol. The van der Waals surface area contributed by atoms with Crippen molar-refractivity contribution in [3.05, 3.63) is 78.3 Å². The van der Waals surface area contributed by atoms with Crippen molar-refractivity contribution in [2.75, 3.05) is 23.7 Å². The number of benzene rings is 2. The number of amides is 1. The summed E-state index contributed by atoms with van der Waals surface area (Å²) in [4.78, 5) is 14.2. The van der Waals surface area contributed by atoms with Crippen molar-refractivity contribution in [3.8, 4) is 0 Å². The molecule has 0 aliphatic heterocycles. The van der Waals surface area contributed by atoms with Gasteiger partial charge in [-0.2, -0.15) is 0 Å². The maximum atomic E-state index is 12.7. The zero-order valence-corrected chi connectivity index (χ0v) is 16.4. The first-order chi connectivity index (χ1) is 13.3. The molecule has 0 saturated heterocycles. The van der Waals surface area contributed by atoms with Crippen LogP contribution in [0.3, 0.4) is 0 Å². The average Bonchev–Trinajstić information content (AvgIpc) is 3.20. The Hall–Kier alpha value is -3.26. The summed E-state index contributed by atoms with van der Waals surface area (Å²) in [7, 11) is -0.0140. The number of rotatable bonds is 7. The standard InChI is InChI=1S/C20H21N3O4S/c1-23(2)17-10-8-16(9-11-17)22-28(25,26)19-7-3-5-15(13-19)20(24)21-14-18-6-4-12-27-18/h3-13,22H,14H2,1-2H3,(H,21,24). The summed E-state index contributed by atoms with van der Waals surface area (Å²) in [6.45, 7) is 0.222. The van der Waals surface area contributed by atoms with Gasteiger partial charge in [0.1, 0.15) is 5.76 Å². The molecule has 0 unspecified atom stereocenters. The van der Waals surface area contributed by atoms with Crippen molar-refractivity contribution >= 4 is 27.3 Å². The first kappa shape index (κ1) is 19.5. The van der Waals surface area contributed by atoms with Gasteiger partial charge in [-0.1, -0.05) is 6.07 Å². The predicted molar refractivity (Wildman–Crippen MR) is 108 cm³/mol. The van der Waals surface area contributed by atoms with Gasteiger partial charge in [0, 0.05) is 31.0 Å². The van der Waals surface area contributed by atoms with Gasteiger partial charge in [-0.15, -0.1) is 0 Å². The number of hydrogen-bond donors (Lipinski definition) is 2. The number of carbonyl (C=O) groups excluding carboxylic acids is 1. The zero-order chi connectivity index (χ0) is 20.1. The number of nitrogens with zero attached hydrogens (tertiary/aromatic N) is 1. The van der Waals surface area contributed by atoms with Crippen LogP contribution in [-0.2, 0) is 16.6 Å². The lowest BCUT2D eigenvalue weighted by molar-refractivity contribution is 0.0948. The van der Waals surface area contributed by atoms with E-state index in [0.29, 0.717) is 11.4 Å². The molecule has 0 saturated carbocycles. The van der Waals surface area contributed by atoms with Gasteiger partial charge in [-0.25, -0.2) is 8.42 Å². The molecule has 0 spiro atoms. The van der Waals surface area contributed by atoms with Crippen LogP contribution in [0.5, 0.6) is 0 Å². The van der Waals surface area contributed by atoms with Gasteiger partial charge in [0.05, 0.1) is 17.7 Å². The quantitative estimate of drug-likeness (QED) is 0.637. The van der Waals surface area contributed by atoms with E-state index in [1.54, 1.807) is 30.3 Å². The van der Waals surface area contributed by atoms with E-state index < -0.39 is 10.0 Å². The molecule has 28 heavy (non-hydrogen) atoms. The van der Waals surface area contributed by atoms with Gasteiger partial charge in [0.25, 0.3) is 15.9 Å². The van der Waals surface area contributed by atoms with Gasteiger partial charge < -0.3 is 14.6 Å². The van der Waals surface area contributed by atoms with Gasteiger partial charge in [0.2, 0.25) is 0 Å². The van der Waals surface area contributed by atoms with E-state index in [1.165, 1.54) is 24.5 Å². The Morgan fingerprint density at radius 1 is 1.04 bits per heavy atom. The highest BCUT2D eigenvalue weighted by Crippen LogP contribution is 2.20. The first-order valence-corrected chi connectivity index (χ1v) is 10.0. The Kier molecular flexibility index (Phi) is 5.70. The van der Waals surface area contributed by atoms with Crippen LogP contribution in [0.4, 0.5) is 11.4 Å². The number of sulfonamides is 1. The largest absolute Gasteiger partial charge is 0.467 e. The fraction of sp³-hybridized carbons (Fsp3) is 0.150. The van der Waals surface area contributed by atoms with Crippen LogP contribution in [0.15, 0.2) is 76.2 Å². The highest BCUT2D eigenvalue weighted by atomic mass is 32.2. The highest BCUT2D eigenvalue weighted by molar-refractivity contribution is 7.92. The second kappa shape index (κ2) is 8.18. The lowest BCUT2D eigenvalue weighted by atomic mass is 10.2. The predicted octanol–water partition coefficient (Wildman–Crippen LogP) is 3.08. The third-order valence-electron chi connectivity index (χ3n) is 4.05. The summed E-state index contributed by atoms with van der Waals surface area (Å²) in [5.74, 6) is 0.226. The molecule has 1 amide bonds. The number of carbonyl (C=O) groups is 1. The molecule has 0 atom stereocenters. The maximum Gasteiger partial charge on any atom is 0.261 e. The van der Waals surface area contributed by atoms with Crippen LogP contribution >= 0.6 is 0 Å². The minimum Gasteiger partial charge on any atom is -0.467 e. The molecule has 8 heteroatoms. The molecule has 2 N–H and O–H groups in total. The molecular weight excluding hydrogens is 378 g/mol. The van der Waals surface area contributed by atoms with Crippen LogP contribution in [0, 0.1) is 0 Å². The van der Waals surface area contributed by atoms with E-state index in [4.69, 9.17) is 4.42 Å². The molecule has 3 rings (SSSR count). The van der Waals surface area contributed by atoms with E-state index in [2.05, 4.69) is 10.0 Å². The Morgan fingerprint density at radius 2 is 1.79 bits per heavy atom. The van der Waals surface area contributed by atoms with Crippen LogP contribution < -0.4 is 14.9 Å². The lowest BCUT2D eigenvalue weighted by Gasteiger charge is -2.14. The molecule has 146 valence electrons. The molecule has 3 aromatic rings. The van der Waals surface area contributed by atoms with Crippen molar-refractivity contribution in [1.82, 2.24) is 5.32 Å². The van der Waals surface area contributed by atoms with Gasteiger partial charge in [-0.05, 0) is 54.6 Å². The summed E-state index contributed by atoms with van der Waals surface area (Å²) >= 11 is 0. The number of furan rings is 1. The van der Waals surface area contributed by atoms with E-state index in [-0.39, 0.29) is 22.9 Å². The number of hydrogen-bond acceptors (Lipinski definition) is 5. The smallest absolute Gasteiger partial charge is 0.261 e. The van der Waals surface area contributed by atoms with Gasteiger partial charge in [-0.3, -0.25) is 9.52 Å². The fourth-order valence-corrected chi connectivity index (χ4v) is 3.63. The molecule has 1 aromatic heterocycles. The molecule has 0 aliphatic rings. The molecule has 0 bridgehead atoms. The minimum atomic E-state index is -3.82. The van der Waals surface area contributed by atoms with Crippen LogP contribution in [0.1, 0.15) is 16.1 Å². The minimum absolute atomic E-state index is 0.00911. The third-order valence-corrected chi connectivity index (χ3v) is 5.42. The van der Waals surface area contributed by atoms with Crippen LogP contribution in [0.2, 0.25) is 0 Å². The Labute approximate surface area is 164 Å². The monoisotopic (exact) mass is 399 g/mol. The van der Waals surface area contributed by atoms with E-state index in [0.717, 1.165) is 5.69 Å². The van der Waals surface area contributed by atoms with Crippen molar-refractivity contribution in [3.63, 3.8) is 0 Å². The summed E-state index contributed by atoms with van der Waals surface area (Å²) < 4.78 is 33.0. The third kappa shape index (κ3) is 4.72. The second-order valence-corrected chi connectivity index (χ2v) is 8.02. The van der Waals surface area contributed by atoms with Crippen molar-refractivity contribution in [2.24, 2.45) is 0 Å². The Morgan fingerprint density at radius 3 is 2.43 bits per heavy atom. The molecule has 0 fully saturated rings. The van der Waals surface area contributed by atoms with Crippen molar-refractivity contribution in [1.29, 1.82) is 0 Å². The second-order valence-electron chi connectivity index (χ2n) is 6.34. The molecule has 1 heterocycles. The summed E-state index contributed by atoms with van der Waals surface area (Å²) in [6.07, 6.45) is 1.52. The summed E-state index contributed by atoms with van der Waals surface area (Å²) in [6, 6.07) is 16.4. The normalized spacial score (nSPS) is 11.1. The zero-order valence-electron chi connectivity index (χ0n) is 15.5. The van der Waals surface area contributed by atoms with E-state index in [9.17, 15) is 13.2 Å². The first-order valence-electron chi connectivity index (χ1n) is 8.56. The Bertz CT molecular complexity index is 1040. The van der Waals surface area contributed by atoms with E-state index in [1.807, 2.05) is 31.1 Å². The maximum absolute atomic E-state index is 12.7. The summed E-state index contributed by atoms with van der Waals surface area (Å²) in [5, 5.41) is 2.69. The van der Waals surface area contributed by atoms with Crippen LogP contribution in [0.25, 0.3) is 0 Å².